The summed E-state index contributed by atoms with van der Waals surface area (Å²) in [6, 6.07) is 2.12. The second-order valence-electron chi connectivity index (χ2n) is 3.26. The van der Waals surface area contributed by atoms with Crippen LogP contribution in [0.1, 0.15) is 22.0 Å². The Bertz CT molecular complexity index is 456. The molecule has 0 aromatic carbocycles. The lowest BCUT2D eigenvalue weighted by atomic mass is 10.1. The molecule has 0 bridgehead atoms. The molecule has 15 heavy (non-hydrogen) atoms. The van der Waals surface area contributed by atoms with Gasteiger partial charge < -0.3 is 5.73 Å². The first-order valence-corrected chi connectivity index (χ1v) is 7.67. The Morgan fingerprint density at radius 2 is 2.07 bits per heavy atom. The van der Waals surface area contributed by atoms with Gasteiger partial charge in [0.05, 0.1) is 9.83 Å². The zero-order valence-electron chi connectivity index (χ0n) is 7.96. The van der Waals surface area contributed by atoms with Gasteiger partial charge in [-0.15, -0.1) is 11.3 Å². The van der Waals surface area contributed by atoms with E-state index in [2.05, 4.69) is 55.6 Å². The maximum absolute atomic E-state index is 6.21. The molecule has 0 fully saturated rings. The number of halogens is 2. The first kappa shape index (κ1) is 11.8. The molecule has 2 aromatic heterocycles. The Labute approximate surface area is 114 Å². The highest BCUT2D eigenvalue weighted by atomic mass is 79.9. The van der Waals surface area contributed by atoms with Crippen molar-refractivity contribution in [3.63, 3.8) is 0 Å². The van der Waals surface area contributed by atoms with Crippen molar-refractivity contribution >= 4 is 54.5 Å². The second-order valence-corrected chi connectivity index (χ2v) is 7.26. The van der Waals surface area contributed by atoms with Gasteiger partial charge in [0.2, 0.25) is 0 Å². The number of rotatable bonds is 2. The fourth-order valence-corrected chi connectivity index (χ4v) is 4.48. The average molecular weight is 367 g/mol. The normalized spacial score (nSPS) is 13.1. The van der Waals surface area contributed by atoms with E-state index in [1.165, 1.54) is 14.2 Å². The van der Waals surface area contributed by atoms with Gasteiger partial charge >= 0.3 is 0 Å². The summed E-state index contributed by atoms with van der Waals surface area (Å²) in [5.41, 5.74) is 8.62. The SMILES string of the molecule is Cc1cc(C(N)c2cscc2Br)sc1Br. The molecular formula is C10H9Br2NS2. The monoisotopic (exact) mass is 365 g/mol. The molecule has 0 aliphatic heterocycles. The summed E-state index contributed by atoms with van der Waals surface area (Å²) in [4.78, 5) is 1.19. The molecule has 5 heteroatoms. The van der Waals surface area contributed by atoms with Crippen LogP contribution in [0.25, 0.3) is 0 Å². The van der Waals surface area contributed by atoms with Crippen LogP contribution in [0, 0.1) is 6.92 Å². The standard InChI is InChI=1S/C10H9Br2NS2/c1-5-2-8(15-10(5)12)9(13)6-3-14-4-7(6)11/h2-4,9H,13H2,1H3. The van der Waals surface area contributed by atoms with Crippen molar-refractivity contribution in [2.75, 3.05) is 0 Å². The summed E-state index contributed by atoms with van der Waals surface area (Å²) in [7, 11) is 0. The van der Waals surface area contributed by atoms with Crippen molar-refractivity contribution in [3.05, 3.63) is 41.1 Å². The predicted octanol–water partition coefficient (Wildman–Crippen LogP) is 4.69. The maximum Gasteiger partial charge on any atom is 0.0731 e. The van der Waals surface area contributed by atoms with Crippen LogP contribution >= 0.6 is 54.5 Å². The Morgan fingerprint density at radius 3 is 2.53 bits per heavy atom. The molecule has 2 heterocycles. The summed E-state index contributed by atoms with van der Waals surface area (Å²) in [5.74, 6) is 0. The van der Waals surface area contributed by atoms with Crippen LogP contribution in [0.15, 0.2) is 25.1 Å². The lowest BCUT2D eigenvalue weighted by Gasteiger charge is -2.07. The van der Waals surface area contributed by atoms with Gasteiger partial charge in [-0.2, -0.15) is 11.3 Å². The molecule has 1 atom stereocenters. The van der Waals surface area contributed by atoms with E-state index in [0.29, 0.717) is 0 Å². The van der Waals surface area contributed by atoms with Crippen LogP contribution in [0.2, 0.25) is 0 Å². The topological polar surface area (TPSA) is 26.0 Å². The first-order chi connectivity index (χ1) is 7.09. The second kappa shape index (κ2) is 4.67. The van der Waals surface area contributed by atoms with Crippen molar-refractivity contribution in [1.82, 2.24) is 0 Å². The quantitative estimate of drug-likeness (QED) is 0.819. The molecule has 1 unspecified atom stereocenters. The average Bonchev–Trinajstić information content (AvgIpc) is 2.74. The summed E-state index contributed by atoms with van der Waals surface area (Å²) >= 11 is 10.4. The largest absolute Gasteiger partial charge is 0.320 e. The van der Waals surface area contributed by atoms with Crippen LogP contribution in [0.3, 0.4) is 0 Å². The lowest BCUT2D eigenvalue weighted by molar-refractivity contribution is 0.893. The molecule has 2 rings (SSSR count). The molecule has 2 aromatic rings. The van der Waals surface area contributed by atoms with Crippen LogP contribution in [-0.4, -0.2) is 0 Å². The number of nitrogens with two attached hydrogens (primary N) is 1. The van der Waals surface area contributed by atoms with E-state index in [9.17, 15) is 0 Å². The molecule has 2 N–H and O–H groups in total. The van der Waals surface area contributed by atoms with E-state index < -0.39 is 0 Å². The highest BCUT2D eigenvalue weighted by molar-refractivity contribution is 9.11. The Kier molecular flexibility index (Phi) is 3.67. The first-order valence-electron chi connectivity index (χ1n) is 4.32. The minimum absolute atomic E-state index is 0.0272. The number of thiophene rings is 2. The number of aryl methyl sites for hydroxylation is 1. The Morgan fingerprint density at radius 1 is 1.33 bits per heavy atom. The zero-order valence-corrected chi connectivity index (χ0v) is 12.8. The lowest BCUT2D eigenvalue weighted by Crippen LogP contribution is -2.09. The van der Waals surface area contributed by atoms with Crippen molar-refractivity contribution < 1.29 is 0 Å². The van der Waals surface area contributed by atoms with Gasteiger partial charge in [-0.25, -0.2) is 0 Å². The summed E-state index contributed by atoms with van der Waals surface area (Å²) in [6.07, 6.45) is 0. The van der Waals surface area contributed by atoms with Crippen LogP contribution in [0.4, 0.5) is 0 Å². The van der Waals surface area contributed by atoms with Gasteiger partial charge in [0.15, 0.2) is 0 Å². The van der Waals surface area contributed by atoms with Gasteiger partial charge in [-0.1, -0.05) is 0 Å². The van der Waals surface area contributed by atoms with Crippen LogP contribution in [0.5, 0.6) is 0 Å². The Hall–Kier alpha value is 0.320. The molecule has 0 spiro atoms. The number of hydrogen-bond acceptors (Lipinski definition) is 3. The van der Waals surface area contributed by atoms with Crippen LogP contribution < -0.4 is 5.73 Å². The summed E-state index contributed by atoms with van der Waals surface area (Å²) in [5, 5.41) is 4.16. The van der Waals surface area contributed by atoms with Crippen molar-refractivity contribution in [2.24, 2.45) is 5.73 Å². The molecule has 0 aliphatic carbocycles. The third-order valence-corrected chi connectivity index (χ3v) is 6.13. The molecule has 0 aliphatic rings. The van der Waals surface area contributed by atoms with Gasteiger partial charge in [0.1, 0.15) is 0 Å². The van der Waals surface area contributed by atoms with Gasteiger partial charge in [0.25, 0.3) is 0 Å². The molecule has 0 saturated heterocycles. The predicted molar refractivity (Wildman–Crippen MR) is 74.8 cm³/mol. The summed E-state index contributed by atoms with van der Waals surface area (Å²) < 4.78 is 2.27. The molecule has 0 amide bonds. The van der Waals surface area contributed by atoms with Crippen molar-refractivity contribution in [2.45, 2.75) is 13.0 Å². The van der Waals surface area contributed by atoms with Gasteiger partial charge in [0, 0.05) is 14.7 Å². The minimum atomic E-state index is -0.0272. The summed E-state index contributed by atoms with van der Waals surface area (Å²) in [6.45, 7) is 2.08. The van der Waals surface area contributed by atoms with Gasteiger partial charge in [-0.3, -0.25) is 0 Å². The van der Waals surface area contributed by atoms with Gasteiger partial charge in [-0.05, 0) is 61.4 Å². The fourth-order valence-electron chi connectivity index (χ4n) is 1.30. The minimum Gasteiger partial charge on any atom is -0.320 e. The fraction of sp³-hybridized carbons (Fsp3) is 0.200. The number of hydrogen-bond donors (Lipinski definition) is 1. The van der Waals surface area contributed by atoms with Crippen LogP contribution in [-0.2, 0) is 0 Å². The molecule has 1 nitrogen and oxygen atoms in total. The van der Waals surface area contributed by atoms with E-state index in [0.717, 1.165) is 10.0 Å². The third kappa shape index (κ3) is 2.36. The van der Waals surface area contributed by atoms with E-state index in [1.807, 2.05) is 0 Å². The smallest absolute Gasteiger partial charge is 0.0731 e. The van der Waals surface area contributed by atoms with E-state index >= 15 is 0 Å². The maximum atomic E-state index is 6.21. The van der Waals surface area contributed by atoms with E-state index in [1.54, 1.807) is 22.7 Å². The highest BCUT2D eigenvalue weighted by Crippen LogP contribution is 2.36. The van der Waals surface area contributed by atoms with Crippen molar-refractivity contribution in [1.29, 1.82) is 0 Å². The van der Waals surface area contributed by atoms with E-state index in [-0.39, 0.29) is 6.04 Å². The zero-order chi connectivity index (χ0) is 11.0. The highest BCUT2D eigenvalue weighted by Gasteiger charge is 2.16. The van der Waals surface area contributed by atoms with E-state index in [4.69, 9.17) is 5.73 Å². The van der Waals surface area contributed by atoms with Crippen molar-refractivity contribution in [3.8, 4) is 0 Å². The molecule has 0 radical (unpaired) electrons. The third-order valence-electron chi connectivity index (χ3n) is 2.16. The Balaban J connectivity index is 2.36. The molecular weight excluding hydrogens is 358 g/mol. The molecule has 80 valence electrons. The molecule has 0 saturated carbocycles.